The van der Waals surface area contributed by atoms with Crippen molar-refractivity contribution in [2.75, 3.05) is 42.1 Å². The van der Waals surface area contributed by atoms with Gasteiger partial charge in [-0.15, -0.1) is 0 Å². The number of aryl methyl sites for hydroxylation is 1. The number of halogens is 7. The number of imide groups is 1. The zero-order valence-corrected chi connectivity index (χ0v) is 42.0. The molecule has 7 rings (SSSR count). The lowest BCUT2D eigenvalue weighted by Gasteiger charge is -2.33. The zero-order chi connectivity index (χ0) is 51.9. The number of aromatic nitrogens is 3. The van der Waals surface area contributed by atoms with Crippen LogP contribution in [-0.2, 0) is 28.7 Å². The molecule has 0 saturated heterocycles. The molecule has 0 radical (unpaired) electrons. The molecule has 0 unspecified atom stereocenters. The van der Waals surface area contributed by atoms with Crippen LogP contribution in [0.4, 0.5) is 48.9 Å². The number of amides is 2. The minimum Gasteiger partial charge on any atom is -0.497 e. The maximum atomic E-state index is 17.8. The van der Waals surface area contributed by atoms with Crippen molar-refractivity contribution in [1.82, 2.24) is 15.0 Å². The molecular weight excluding hydrogens is 974 g/mol. The minimum atomic E-state index is -5.23. The molecule has 0 fully saturated rings. The van der Waals surface area contributed by atoms with E-state index in [1.165, 1.54) is 25.3 Å². The van der Waals surface area contributed by atoms with Gasteiger partial charge in [-0.2, -0.15) is 23.1 Å². The van der Waals surface area contributed by atoms with Gasteiger partial charge in [-0.1, -0.05) is 41.9 Å². The Kier molecular flexibility index (Phi) is 14.9. The summed E-state index contributed by atoms with van der Waals surface area (Å²) in [5.41, 5.74) is -5.53. The third-order valence-electron chi connectivity index (χ3n) is 11.3. The van der Waals surface area contributed by atoms with Crippen molar-refractivity contribution in [3.63, 3.8) is 0 Å². The number of nitrogens with zero attached hydrogens (tertiary/aromatic N) is 6. The molecule has 0 spiro atoms. The molecule has 0 N–H and O–H groups in total. The summed E-state index contributed by atoms with van der Waals surface area (Å²) in [5, 5.41) is -1.43. The number of hydrogen-bond donors (Lipinski definition) is 0. The summed E-state index contributed by atoms with van der Waals surface area (Å²) in [6.07, 6.45) is -6.06. The van der Waals surface area contributed by atoms with E-state index < -0.39 is 85.3 Å². The van der Waals surface area contributed by atoms with Gasteiger partial charge in [-0.25, -0.2) is 28.3 Å². The number of carbonyl (C=O) groups excluding carboxylic acids is 2. The summed E-state index contributed by atoms with van der Waals surface area (Å²) in [5.74, 6) is -2.39. The highest BCUT2D eigenvalue weighted by molar-refractivity contribution is 6.37. The SMILES string of the molecule is COc1ccc(CN(Cc2ccc(OC)cc2)c2cc(C)c(C(F)(F)F)c(-c3c(Cl)c4c5c(nc(Cl)nc5c3F)N([C@H](C)c3cccnc3N(C(=O)OC(C)(C)C)C(=O)OC(C)(C)C)CCO4)c2F)cc1. The van der Waals surface area contributed by atoms with Gasteiger partial charge in [0.05, 0.1) is 48.5 Å². The molecule has 4 aromatic carbocycles. The molecule has 0 bridgehead atoms. The van der Waals surface area contributed by atoms with Gasteiger partial charge in [0.2, 0.25) is 5.28 Å². The molecule has 2 aromatic heterocycles. The Morgan fingerprint density at radius 1 is 0.817 bits per heavy atom. The van der Waals surface area contributed by atoms with Crippen LogP contribution < -0.4 is 28.9 Å². The molecule has 1 aliphatic heterocycles. The van der Waals surface area contributed by atoms with E-state index in [0.717, 1.165) is 13.0 Å². The highest BCUT2D eigenvalue weighted by Gasteiger charge is 2.43. The van der Waals surface area contributed by atoms with E-state index >= 15 is 22.0 Å². The molecule has 0 aliphatic carbocycles. The summed E-state index contributed by atoms with van der Waals surface area (Å²) >= 11 is 13.6. The summed E-state index contributed by atoms with van der Waals surface area (Å²) in [6.45, 7) is 12.2. The van der Waals surface area contributed by atoms with Gasteiger partial charge in [0.1, 0.15) is 40.6 Å². The smallest absolute Gasteiger partial charge is 0.425 e. The van der Waals surface area contributed by atoms with Crippen LogP contribution in [0, 0.1) is 18.6 Å². The van der Waals surface area contributed by atoms with Crippen molar-refractivity contribution >= 4 is 63.6 Å². The Bertz CT molecular complexity index is 2910. The van der Waals surface area contributed by atoms with Gasteiger partial charge in [-0.05, 0) is 120 Å². The summed E-state index contributed by atoms with van der Waals surface area (Å²) in [7, 11) is 3.00. The lowest BCUT2D eigenvalue weighted by molar-refractivity contribution is -0.137. The predicted octanol–water partition coefficient (Wildman–Crippen LogP) is 13.5. The van der Waals surface area contributed by atoms with E-state index in [1.807, 2.05) is 0 Å². The van der Waals surface area contributed by atoms with Crippen LogP contribution in [0.15, 0.2) is 72.9 Å². The Labute approximate surface area is 417 Å². The van der Waals surface area contributed by atoms with Crippen LogP contribution in [0.1, 0.15) is 82.3 Å². The largest absolute Gasteiger partial charge is 0.497 e. The van der Waals surface area contributed by atoms with Crippen molar-refractivity contribution in [2.45, 2.75) is 91.9 Å². The molecule has 71 heavy (non-hydrogen) atoms. The van der Waals surface area contributed by atoms with E-state index in [9.17, 15) is 9.59 Å². The van der Waals surface area contributed by atoms with Crippen LogP contribution >= 0.6 is 23.2 Å². The first kappa shape index (κ1) is 52.2. The van der Waals surface area contributed by atoms with Gasteiger partial charge in [-0.3, -0.25) is 0 Å². The molecule has 20 heteroatoms. The fourth-order valence-electron chi connectivity index (χ4n) is 8.21. The van der Waals surface area contributed by atoms with Crippen molar-refractivity contribution in [2.24, 2.45) is 0 Å². The second-order valence-corrected chi connectivity index (χ2v) is 19.3. The lowest BCUT2D eigenvalue weighted by Crippen LogP contribution is -2.45. The number of alkyl halides is 3. The van der Waals surface area contributed by atoms with Crippen LogP contribution in [0.5, 0.6) is 17.2 Å². The second-order valence-electron chi connectivity index (χ2n) is 18.6. The maximum Gasteiger partial charge on any atom is 0.425 e. The molecule has 1 aliphatic rings. The third kappa shape index (κ3) is 11.1. The molecule has 376 valence electrons. The highest BCUT2D eigenvalue weighted by atomic mass is 35.5. The van der Waals surface area contributed by atoms with Gasteiger partial charge < -0.3 is 33.5 Å². The van der Waals surface area contributed by atoms with Crippen molar-refractivity contribution in [3.05, 3.63) is 123 Å². The van der Waals surface area contributed by atoms with Crippen LogP contribution in [0.25, 0.3) is 22.0 Å². The van der Waals surface area contributed by atoms with Crippen LogP contribution in [0.3, 0.4) is 0 Å². The van der Waals surface area contributed by atoms with Gasteiger partial charge in [0.15, 0.2) is 23.2 Å². The van der Waals surface area contributed by atoms with Gasteiger partial charge >= 0.3 is 18.4 Å². The van der Waals surface area contributed by atoms with E-state index in [0.29, 0.717) is 27.5 Å². The fraction of sp³-hybridized carbons (Fsp3) is 0.353. The molecule has 2 amide bonds. The lowest BCUT2D eigenvalue weighted by atomic mass is 9.91. The van der Waals surface area contributed by atoms with E-state index in [1.54, 1.807) is 114 Å². The Morgan fingerprint density at radius 2 is 1.37 bits per heavy atom. The first-order chi connectivity index (χ1) is 33.3. The average molecular weight is 1030 g/mol. The number of pyridine rings is 1. The maximum absolute atomic E-state index is 17.8. The molecule has 13 nitrogen and oxygen atoms in total. The zero-order valence-electron chi connectivity index (χ0n) is 40.5. The van der Waals surface area contributed by atoms with Gasteiger partial charge in [0.25, 0.3) is 0 Å². The summed E-state index contributed by atoms with van der Waals surface area (Å²) in [4.78, 5) is 44.4. The predicted molar refractivity (Wildman–Crippen MR) is 261 cm³/mol. The topological polar surface area (TPSA) is 129 Å². The number of benzene rings is 4. The Hall–Kier alpha value is -6.66. The number of methoxy groups -OCH3 is 2. The Morgan fingerprint density at radius 3 is 1.87 bits per heavy atom. The quantitative estimate of drug-likeness (QED) is 0.0905. The molecule has 6 aromatic rings. The normalized spacial score (nSPS) is 13.3. The van der Waals surface area contributed by atoms with Crippen LogP contribution in [-0.4, -0.2) is 65.7 Å². The van der Waals surface area contributed by atoms with Crippen molar-refractivity contribution < 1.29 is 55.2 Å². The fourth-order valence-corrected chi connectivity index (χ4v) is 8.70. The first-order valence-corrected chi connectivity index (χ1v) is 23.0. The highest BCUT2D eigenvalue weighted by Crippen LogP contribution is 2.53. The molecular formula is C51H51Cl2F5N6O7. The average Bonchev–Trinajstić information content (AvgIpc) is 3.48. The number of carbonyl (C=O) groups is 2. The number of anilines is 3. The van der Waals surface area contributed by atoms with Crippen molar-refractivity contribution in [1.29, 1.82) is 0 Å². The van der Waals surface area contributed by atoms with Gasteiger partial charge in [0, 0.05) is 36.0 Å². The summed E-state index contributed by atoms with van der Waals surface area (Å²) < 4.78 is 110. The second kappa shape index (κ2) is 20.2. The third-order valence-corrected chi connectivity index (χ3v) is 11.8. The monoisotopic (exact) mass is 1020 g/mol. The number of ether oxygens (including phenoxy) is 5. The first-order valence-electron chi connectivity index (χ1n) is 22.2. The standard InChI is InChI=1S/C51H51Cl2F5N6O7/c1-27-24-34(62(25-29-13-17-31(67-9)18-14-29)26-30-15-19-32(68-10)20-16-30)40(54)35(38(27)51(56,57)58)36-39(52)43-37-42(41(36)55)60-46(53)61-45(37)63(22-23-69-43)28(2)33-12-11-21-59-44(33)64(47(65)70-49(3,4)5)48(66)71-50(6,7)8/h11-21,24,28H,22-23,25-26H2,1-10H3/t28-/m1/s1. The molecule has 3 heterocycles. The Balaban J connectivity index is 1.42. The minimum absolute atomic E-state index is 0.00828. The summed E-state index contributed by atoms with van der Waals surface area (Å²) in [6, 6.07) is 17.0. The van der Waals surface area contributed by atoms with Crippen LogP contribution in [0.2, 0.25) is 10.3 Å². The molecule has 1 atom stereocenters. The van der Waals surface area contributed by atoms with E-state index in [4.69, 9.17) is 46.9 Å². The van der Waals surface area contributed by atoms with E-state index in [2.05, 4.69) is 15.0 Å². The molecule has 0 saturated carbocycles. The number of hydrogen-bond acceptors (Lipinski definition) is 12. The van der Waals surface area contributed by atoms with E-state index in [-0.39, 0.29) is 60.3 Å². The van der Waals surface area contributed by atoms with Crippen molar-refractivity contribution in [3.8, 4) is 28.4 Å². The number of rotatable bonds is 11.